The third-order valence-electron chi connectivity index (χ3n) is 2.53. The average molecular weight is 309 g/mol. The summed E-state index contributed by atoms with van der Waals surface area (Å²) in [6.07, 6.45) is 1.30. The molecule has 2 rings (SSSR count). The molecule has 0 saturated carbocycles. The van der Waals surface area contributed by atoms with Crippen LogP contribution in [-0.4, -0.2) is 23.0 Å². The Balaban J connectivity index is 2.33. The van der Waals surface area contributed by atoms with Crippen molar-refractivity contribution in [3.8, 4) is 10.8 Å². The van der Waals surface area contributed by atoms with Crippen LogP contribution >= 0.6 is 11.3 Å². The van der Waals surface area contributed by atoms with E-state index >= 15 is 0 Å². The molecule has 1 aromatic heterocycles. The van der Waals surface area contributed by atoms with E-state index < -0.39 is 10.9 Å². The predicted octanol–water partition coefficient (Wildman–Crippen LogP) is 2.14. The van der Waals surface area contributed by atoms with Crippen LogP contribution in [0.3, 0.4) is 0 Å². The van der Waals surface area contributed by atoms with Gasteiger partial charge in [0.1, 0.15) is 5.75 Å². The number of rotatable bonds is 5. The number of hydrogen-bond donors (Lipinski definition) is 1. The second-order valence-electron chi connectivity index (χ2n) is 3.92. The fourth-order valence-corrected chi connectivity index (χ4v) is 2.12. The number of thiazole rings is 1. The number of ether oxygens (including phenoxy) is 2. The lowest BCUT2D eigenvalue weighted by molar-refractivity contribution is -0.384. The van der Waals surface area contributed by atoms with Gasteiger partial charge < -0.3 is 15.2 Å². The van der Waals surface area contributed by atoms with Gasteiger partial charge in [-0.2, -0.15) is 0 Å². The van der Waals surface area contributed by atoms with Gasteiger partial charge in [-0.3, -0.25) is 14.9 Å². The highest BCUT2D eigenvalue weighted by atomic mass is 32.1. The number of hydrogen-bond acceptors (Lipinski definition) is 8. The minimum absolute atomic E-state index is 0.134. The van der Waals surface area contributed by atoms with Crippen LogP contribution in [0.1, 0.15) is 5.56 Å². The van der Waals surface area contributed by atoms with Crippen LogP contribution in [0.15, 0.2) is 24.4 Å². The second kappa shape index (κ2) is 6.18. The van der Waals surface area contributed by atoms with E-state index in [2.05, 4.69) is 9.72 Å². The summed E-state index contributed by atoms with van der Waals surface area (Å²) in [4.78, 5) is 25.5. The topological polar surface area (TPSA) is 118 Å². The molecule has 0 unspecified atom stereocenters. The van der Waals surface area contributed by atoms with Crippen LogP contribution < -0.4 is 10.5 Å². The molecule has 0 amide bonds. The summed E-state index contributed by atoms with van der Waals surface area (Å²) in [5.74, 6) is -0.209. The number of carbonyl (C=O) groups excluding carboxylic acids is 1. The van der Waals surface area contributed by atoms with E-state index in [-0.39, 0.29) is 12.1 Å². The molecule has 9 heteroatoms. The maximum atomic E-state index is 11.4. The van der Waals surface area contributed by atoms with Crippen molar-refractivity contribution in [2.24, 2.45) is 0 Å². The summed E-state index contributed by atoms with van der Waals surface area (Å²) in [6, 6.07) is 3.99. The molecule has 0 atom stereocenters. The number of esters is 1. The zero-order valence-corrected chi connectivity index (χ0v) is 11.8. The number of nitrogens with zero attached hydrogens (tertiary/aromatic N) is 2. The van der Waals surface area contributed by atoms with Crippen molar-refractivity contribution in [3.63, 3.8) is 0 Å². The summed E-state index contributed by atoms with van der Waals surface area (Å²) >= 11 is 1.12. The lowest BCUT2D eigenvalue weighted by Crippen LogP contribution is -2.06. The SMILES string of the molecule is COC(=O)Cc1cc([N+](=O)[O-])ccc1Oc1cnc(N)s1. The van der Waals surface area contributed by atoms with Crippen molar-refractivity contribution in [1.82, 2.24) is 4.98 Å². The summed E-state index contributed by atoms with van der Waals surface area (Å²) in [5, 5.41) is 11.6. The predicted molar refractivity (Wildman–Crippen MR) is 75.4 cm³/mol. The maximum Gasteiger partial charge on any atom is 0.310 e. The molecule has 0 saturated heterocycles. The number of non-ortho nitro benzene ring substituents is 1. The van der Waals surface area contributed by atoms with Crippen molar-refractivity contribution in [2.45, 2.75) is 6.42 Å². The summed E-state index contributed by atoms with van der Waals surface area (Å²) in [5.41, 5.74) is 5.72. The first-order valence-electron chi connectivity index (χ1n) is 5.73. The van der Waals surface area contributed by atoms with Gasteiger partial charge >= 0.3 is 5.97 Å². The largest absolute Gasteiger partial charge is 0.469 e. The van der Waals surface area contributed by atoms with E-state index in [1.54, 1.807) is 0 Å². The van der Waals surface area contributed by atoms with Gasteiger partial charge in [0, 0.05) is 17.7 Å². The molecular formula is C12H11N3O5S. The van der Waals surface area contributed by atoms with E-state index in [9.17, 15) is 14.9 Å². The number of nitrogens with two attached hydrogens (primary N) is 1. The molecule has 0 spiro atoms. The van der Waals surface area contributed by atoms with Crippen LogP contribution in [0.2, 0.25) is 0 Å². The van der Waals surface area contributed by atoms with Crippen LogP contribution in [0.5, 0.6) is 10.8 Å². The van der Waals surface area contributed by atoms with Gasteiger partial charge in [-0.1, -0.05) is 11.3 Å². The Labute approximate surface area is 123 Å². The number of nitro benzene ring substituents is 1. The molecule has 2 N–H and O–H groups in total. The Morgan fingerprint density at radius 2 is 2.29 bits per heavy atom. The summed E-state index contributed by atoms with van der Waals surface area (Å²) in [7, 11) is 1.24. The highest BCUT2D eigenvalue weighted by Crippen LogP contribution is 2.32. The Hall–Kier alpha value is -2.68. The standard InChI is InChI=1S/C12H11N3O5S/c1-19-10(16)5-7-4-8(15(17)18)2-3-9(7)20-11-6-14-12(13)21-11/h2-4,6H,5H2,1H3,(H2,13,14). The van der Waals surface area contributed by atoms with E-state index in [4.69, 9.17) is 10.5 Å². The van der Waals surface area contributed by atoms with Gasteiger partial charge in [-0.15, -0.1) is 0 Å². The smallest absolute Gasteiger partial charge is 0.310 e. The number of benzene rings is 1. The van der Waals surface area contributed by atoms with Crippen LogP contribution in [-0.2, 0) is 16.0 Å². The van der Waals surface area contributed by atoms with Gasteiger partial charge in [0.25, 0.3) is 5.69 Å². The molecule has 0 radical (unpaired) electrons. The Morgan fingerprint density at radius 3 is 2.86 bits per heavy atom. The van der Waals surface area contributed by atoms with Crippen molar-refractivity contribution in [2.75, 3.05) is 12.8 Å². The number of carbonyl (C=O) groups is 1. The van der Waals surface area contributed by atoms with E-state index in [0.29, 0.717) is 21.5 Å². The molecule has 0 aliphatic rings. The lowest BCUT2D eigenvalue weighted by Gasteiger charge is -2.08. The number of aromatic nitrogens is 1. The maximum absolute atomic E-state index is 11.4. The molecule has 0 aliphatic carbocycles. The molecule has 21 heavy (non-hydrogen) atoms. The molecule has 1 heterocycles. The average Bonchev–Trinajstić information content (AvgIpc) is 2.85. The minimum Gasteiger partial charge on any atom is -0.469 e. The fraction of sp³-hybridized carbons (Fsp3) is 0.167. The zero-order chi connectivity index (χ0) is 15.4. The minimum atomic E-state index is -0.546. The van der Waals surface area contributed by atoms with E-state index in [0.717, 1.165) is 11.3 Å². The van der Waals surface area contributed by atoms with E-state index in [1.807, 2.05) is 0 Å². The van der Waals surface area contributed by atoms with Crippen molar-refractivity contribution < 1.29 is 19.2 Å². The second-order valence-corrected chi connectivity index (χ2v) is 4.95. The highest BCUT2D eigenvalue weighted by molar-refractivity contribution is 7.17. The third-order valence-corrected chi connectivity index (χ3v) is 3.23. The monoisotopic (exact) mass is 309 g/mol. The van der Waals surface area contributed by atoms with Crippen molar-refractivity contribution >= 4 is 28.1 Å². The van der Waals surface area contributed by atoms with Gasteiger partial charge in [-0.25, -0.2) is 4.98 Å². The van der Waals surface area contributed by atoms with Crippen LogP contribution in [0, 0.1) is 10.1 Å². The normalized spacial score (nSPS) is 10.1. The molecule has 0 aliphatic heterocycles. The molecule has 8 nitrogen and oxygen atoms in total. The summed E-state index contributed by atoms with van der Waals surface area (Å²) < 4.78 is 10.1. The number of anilines is 1. The van der Waals surface area contributed by atoms with Crippen LogP contribution in [0.25, 0.3) is 0 Å². The molecule has 2 aromatic rings. The molecular weight excluding hydrogens is 298 g/mol. The number of nitro groups is 1. The Bertz CT molecular complexity index is 685. The van der Waals surface area contributed by atoms with Gasteiger partial charge in [-0.05, 0) is 6.07 Å². The zero-order valence-electron chi connectivity index (χ0n) is 10.9. The Morgan fingerprint density at radius 1 is 1.52 bits per heavy atom. The van der Waals surface area contributed by atoms with E-state index in [1.165, 1.54) is 31.5 Å². The Kier molecular flexibility index (Phi) is 4.33. The van der Waals surface area contributed by atoms with Gasteiger partial charge in [0.2, 0.25) is 5.06 Å². The first kappa shape index (κ1) is 14.7. The molecule has 0 fully saturated rings. The summed E-state index contributed by atoms with van der Waals surface area (Å²) in [6.45, 7) is 0. The van der Waals surface area contributed by atoms with Gasteiger partial charge in [0.05, 0.1) is 24.7 Å². The molecule has 0 bridgehead atoms. The fourth-order valence-electron chi connectivity index (χ4n) is 1.57. The number of methoxy groups -OCH3 is 1. The highest BCUT2D eigenvalue weighted by Gasteiger charge is 2.16. The molecule has 110 valence electrons. The van der Waals surface area contributed by atoms with Crippen molar-refractivity contribution in [3.05, 3.63) is 40.1 Å². The third kappa shape index (κ3) is 3.66. The van der Waals surface area contributed by atoms with Crippen molar-refractivity contribution in [1.29, 1.82) is 0 Å². The lowest BCUT2D eigenvalue weighted by atomic mass is 10.1. The van der Waals surface area contributed by atoms with Crippen LogP contribution in [0.4, 0.5) is 10.8 Å². The quantitative estimate of drug-likeness (QED) is 0.510. The first-order valence-corrected chi connectivity index (χ1v) is 6.54. The first-order chi connectivity index (χ1) is 9.99. The number of nitrogen functional groups attached to an aromatic ring is 1. The van der Waals surface area contributed by atoms with Gasteiger partial charge in [0.15, 0.2) is 5.13 Å². The molecule has 1 aromatic carbocycles.